The highest BCUT2D eigenvalue weighted by Crippen LogP contribution is 2.26. The third-order valence-corrected chi connectivity index (χ3v) is 5.61. The fraction of sp³-hybridized carbons (Fsp3) is 0.167. The Morgan fingerprint density at radius 2 is 1.76 bits per heavy atom. The predicted octanol–water partition coefficient (Wildman–Crippen LogP) is 3.83. The van der Waals surface area contributed by atoms with Gasteiger partial charge in [0.05, 0.1) is 17.7 Å². The molecule has 2 aromatic carbocycles. The molecule has 0 amide bonds. The maximum Gasteiger partial charge on any atom is 0.183 e. The number of hydrogen-bond donors (Lipinski definition) is 1. The van der Waals surface area contributed by atoms with E-state index in [1.54, 1.807) is 31.4 Å². The monoisotopic (exact) mass is 374 g/mol. The first-order valence-electron chi connectivity index (χ1n) is 7.58. The van der Waals surface area contributed by atoms with Crippen LogP contribution in [0.1, 0.15) is 5.56 Å². The second kappa shape index (κ2) is 7.25. The van der Waals surface area contributed by atoms with E-state index in [0.717, 1.165) is 27.7 Å². The summed E-state index contributed by atoms with van der Waals surface area (Å²) in [7, 11) is -1.53. The fourth-order valence-electron chi connectivity index (χ4n) is 2.28. The molecule has 0 spiro atoms. The standard InChI is InChI=1S/C18H18N2O3S2/c1-23-15-7-3-13(4-8-15)11-19-18-20-17(12-24-18)14-5-9-16(10-6-14)25(2,21)22/h3-10,12H,11H2,1-2H3,(H,19,20). The summed E-state index contributed by atoms with van der Waals surface area (Å²) >= 11 is 1.52. The molecular weight excluding hydrogens is 356 g/mol. The minimum atomic E-state index is -3.18. The summed E-state index contributed by atoms with van der Waals surface area (Å²) in [6.07, 6.45) is 1.20. The summed E-state index contributed by atoms with van der Waals surface area (Å²) in [6, 6.07) is 14.6. The predicted molar refractivity (Wildman–Crippen MR) is 101 cm³/mol. The lowest BCUT2D eigenvalue weighted by Gasteiger charge is -2.04. The van der Waals surface area contributed by atoms with E-state index in [1.165, 1.54) is 17.6 Å². The van der Waals surface area contributed by atoms with Gasteiger partial charge in [0.25, 0.3) is 0 Å². The van der Waals surface area contributed by atoms with Gasteiger partial charge in [-0.15, -0.1) is 11.3 Å². The van der Waals surface area contributed by atoms with E-state index in [2.05, 4.69) is 10.3 Å². The summed E-state index contributed by atoms with van der Waals surface area (Å²) in [4.78, 5) is 4.86. The number of nitrogens with one attached hydrogen (secondary N) is 1. The van der Waals surface area contributed by atoms with Gasteiger partial charge >= 0.3 is 0 Å². The van der Waals surface area contributed by atoms with Gasteiger partial charge in [-0.1, -0.05) is 24.3 Å². The van der Waals surface area contributed by atoms with Gasteiger partial charge in [0.2, 0.25) is 0 Å². The average Bonchev–Trinajstić information content (AvgIpc) is 3.09. The van der Waals surface area contributed by atoms with E-state index >= 15 is 0 Å². The van der Waals surface area contributed by atoms with Crippen molar-refractivity contribution in [1.82, 2.24) is 4.98 Å². The number of hydrogen-bond acceptors (Lipinski definition) is 6. The number of benzene rings is 2. The molecule has 1 N–H and O–H groups in total. The molecule has 7 heteroatoms. The van der Waals surface area contributed by atoms with E-state index < -0.39 is 9.84 Å². The molecule has 0 aliphatic carbocycles. The third kappa shape index (κ3) is 4.37. The second-order valence-corrected chi connectivity index (χ2v) is 8.41. The Hall–Kier alpha value is -2.38. The maximum absolute atomic E-state index is 11.5. The van der Waals surface area contributed by atoms with Crippen LogP contribution in [0, 0.1) is 0 Å². The highest BCUT2D eigenvalue weighted by molar-refractivity contribution is 7.90. The molecule has 3 rings (SSSR count). The average molecular weight is 374 g/mol. The zero-order valence-corrected chi connectivity index (χ0v) is 15.5. The van der Waals surface area contributed by atoms with E-state index in [4.69, 9.17) is 4.74 Å². The number of methoxy groups -OCH3 is 1. The number of ether oxygens (including phenoxy) is 1. The summed E-state index contributed by atoms with van der Waals surface area (Å²) < 4.78 is 28.2. The Bertz CT molecular complexity index is 947. The van der Waals surface area contributed by atoms with Crippen molar-refractivity contribution in [3.05, 3.63) is 59.5 Å². The van der Waals surface area contributed by atoms with Crippen LogP contribution in [0.3, 0.4) is 0 Å². The molecule has 130 valence electrons. The first-order valence-corrected chi connectivity index (χ1v) is 10.4. The van der Waals surface area contributed by atoms with Gasteiger partial charge in [-0.05, 0) is 29.8 Å². The van der Waals surface area contributed by atoms with Gasteiger partial charge < -0.3 is 10.1 Å². The van der Waals surface area contributed by atoms with E-state index in [0.29, 0.717) is 11.4 Å². The molecule has 1 heterocycles. The van der Waals surface area contributed by atoms with Crippen LogP contribution < -0.4 is 10.1 Å². The van der Waals surface area contributed by atoms with Crippen LogP contribution in [0.15, 0.2) is 58.8 Å². The Labute approximate surface area is 151 Å². The zero-order chi connectivity index (χ0) is 17.9. The van der Waals surface area contributed by atoms with Crippen molar-refractivity contribution in [2.45, 2.75) is 11.4 Å². The molecule has 25 heavy (non-hydrogen) atoms. The van der Waals surface area contributed by atoms with E-state index in [9.17, 15) is 8.42 Å². The number of nitrogens with zero attached hydrogens (tertiary/aromatic N) is 1. The molecule has 0 unspecified atom stereocenters. The van der Waals surface area contributed by atoms with Crippen LogP contribution in [0.25, 0.3) is 11.3 Å². The molecule has 0 radical (unpaired) electrons. The van der Waals surface area contributed by atoms with E-state index in [-0.39, 0.29) is 0 Å². The Balaban J connectivity index is 1.67. The number of anilines is 1. The van der Waals surface area contributed by atoms with E-state index in [1.807, 2.05) is 29.6 Å². The van der Waals surface area contributed by atoms with Crippen molar-refractivity contribution in [1.29, 1.82) is 0 Å². The van der Waals surface area contributed by atoms with Gasteiger partial charge in [0.15, 0.2) is 15.0 Å². The molecule has 0 aliphatic rings. The lowest BCUT2D eigenvalue weighted by molar-refractivity contribution is 0.414. The van der Waals surface area contributed by atoms with Crippen LogP contribution in [0.2, 0.25) is 0 Å². The summed E-state index contributed by atoms with van der Waals surface area (Å²) in [5.74, 6) is 0.831. The van der Waals surface area contributed by atoms with Crippen LogP contribution >= 0.6 is 11.3 Å². The van der Waals surface area contributed by atoms with Crippen molar-refractivity contribution in [3.8, 4) is 17.0 Å². The van der Waals surface area contributed by atoms with Crippen molar-refractivity contribution >= 4 is 26.3 Å². The van der Waals surface area contributed by atoms with Crippen LogP contribution in [0.5, 0.6) is 5.75 Å². The van der Waals surface area contributed by atoms with Crippen LogP contribution in [-0.4, -0.2) is 26.8 Å². The van der Waals surface area contributed by atoms with Gasteiger partial charge in [0.1, 0.15) is 5.75 Å². The molecule has 0 saturated carbocycles. The highest BCUT2D eigenvalue weighted by atomic mass is 32.2. The van der Waals surface area contributed by atoms with Crippen molar-refractivity contribution in [2.75, 3.05) is 18.7 Å². The fourth-order valence-corrected chi connectivity index (χ4v) is 3.63. The van der Waals surface area contributed by atoms with Gasteiger partial charge in [0, 0.05) is 23.7 Å². The highest BCUT2D eigenvalue weighted by Gasteiger charge is 2.09. The number of sulfone groups is 1. The smallest absolute Gasteiger partial charge is 0.183 e. The first kappa shape index (κ1) is 17.4. The van der Waals surface area contributed by atoms with Gasteiger partial charge in [-0.3, -0.25) is 0 Å². The van der Waals surface area contributed by atoms with Crippen molar-refractivity contribution in [3.63, 3.8) is 0 Å². The van der Waals surface area contributed by atoms with Crippen molar-refractivity contribution in [2.24, 2.45) is 0 Å². The lowest BCUT2D eigenvalue weighted by Crippen LogP contribution is -1.99. The molecule has 0 bridgehead atoms. The number of aromatic nitrogens is 1. The quantitative estimate of drug-likeness (QED) is 0.710. The second-order valence-electron chi connectivity index (χ2n) is 5.54. The largest absolute Gasteiger partial charge is 0.497 e. The summed E-state index contributed by atoms with van der Waals surface area (Å²) in [6.45, 7) is 0.671. The molecule has 5 nitrogen and oxygen atoms in total. The molecule has 1 aromatic heterocycles. The van der Waals surface area contributed by atoms with Gasteiger partial charge in [-0.2, -0.15) is 0 Å². The minimum Gasteiger partial charge on any atom is -0.497 e. The van der Waals surface area contributed by atoms with Crippen LogP contribution in [-0.2, 0) is 16.4 Å². The molecule has 0 atom stereocenters. The normalized spacial score (nSPS) is 11.3. The maximum atomic E-state index is 11.5. The molecule has 3 aromatic rings. The van der Waals surface area contributed by atoms with Gasteiger partial charge in [-0.25, -0.2) is 13.4 Å². The Kier molecular flexibility index (Phi) is 5.06. The zero-order valence-electron chi connectivity index (χ0n) is 13.9. The first-order chi connectivity index (χ1) is 12.0. The molecule has 0 fully saturated rings. The summed E-state index contributed by atoms with van der Waals surface area (Å²) in [5.41, 5.74) is 2.85. The van der Waals surface area contributed by atoms with Crippen molar-refractivity contribution < 1.29 is 13.2 Å². The molecular formula is C18H18N2O3S2. The summed E-state index contributed by atoms with van der Waals surface area (Å²) in [5, 5.41) is 6.06. The van der Waals surface area contributed by atoms with Crippen LogP contribution in [0.4, 0.5) is 5.13 Å². The Morgan fingerprint density at radius 1 is 1.08 bits per heavy atom. The number of thiazole rings is 1. The topological polar surface area (TPSA) is 68.3 Å². The third-order valence-electron chi connectivity index (χ3n) is 3.69. The molecule has 0 saturated heterocycles. The Morgan fingerprint density at radius 3 is 2.36 bits per heavy atom. The molecule has 0 aliphatic heterocycles. The number of rotatable bonds is 6. The SMILES string of the molecule is COc1ccc(CNc2nc(-c3ccc(S(C)(=O)=O)cc3)cs2)cc1. The minimum absolute atomic E-state index is 0.310. The lowest BCUT2D eigenvalue weighted by atomic mass is 10.2.